The Bertz CT molecular complexity index is 1990. The normalized spacial score (nSPS) is 12.8. The zero-order chi connectivity index (χ0) is 36.4. The zero-order valence-electron chi connectivity index (χ0n) is 32.5. The minimum absolute atomic E-state index is 0. The number of aliphatic hydroxyl groups is 1. The number of hydrogen-bond donors (Lipinski definition) is 1. The fraction of sp³-hybridized carbons (Fsp3) is 0.422. The standard InChI is InChI=1S/C30H30NSi.C15H28O2.Ir/c1-30(2,3)23-12-14-24-21(18-23)11-13-27-26(24)15-16-31-29(27)22-17-20-9-7-8-10-25(20)28(19-22)32(4,5)6;1-7-14(5,8-2)12(16)11-13(17)15(6,9-3)10-4;/h7-16,18-19H,1-6H3;11,16H,7-10H2,1-6H3;/q-1;;/b;12-11-;. The molecule has 0 atom stereocenters. The summed E-state index contributed by atoms with van der Waals surface area (Å²) in [7, 11) is -1.55. The van der Waals surface area contributed by atoms with Gasteiger partial charge in [-0.15, -0.1) is 28.8 Å². The van der Waals surface area contributed by atoms with Gasteiger partial charge in [0, 0.05) is 48.9 Å². The first-order valence-corrected chi connectivity index (χ1v) is 21.7. The molecule has 0 aliphatic carbocycles. The van der Waals surface area contributed by atoms with Crippen molar-refractivity contribution in [2.75, 3.05) is 0 Å². The third-order valence-corrected chi connectivity index (χ3v) is 13.1. The molecule has 1 N–H and O–H groups in total. The van der Waals surface area contributed by atoms with E-state index in [1.807, 2.05) is 47.7 Å². The second kappa shape index (κ2) is 16.1. The van der Waals surface area contributed by atoms with E-state index in [-0.39, 0.29) is 47.9 Å². The fourth-order valence-corrected chi connectivity index (χ4v) is 7.94. The molecular formula is C45H58IrNO2Si-. The molecule has 0 aliphatic rings. The van der Waals surface area contributed by atoms with Crippen LogP contribution in [-0.2, 0) is 30.3 Å². The summed E-state index contributed by atoms with van der Waals surface area (Å²) in [6, 6.07) is 28.2. The van der Waals surface area contributed by atoms with Crippen LogP contribution in [-0.4, -0.2) is 23.9 Å². The monoisotopic (exact) mass is 865 g/mol. The van der Waals surface area contributed by atoms with Crippen LogP contribution in [0, 0.1) is 16.9 Å². The number of hydrogen-bond acceptors (Lipinski definition) is 3. The van der Waals surface area contributed by atoms with Crippen molar-refractivity contribution < 1.29 is 30.0 Å². The van der Waals surface area contributed by atoms with Gasteiger partial charge in [0.05, 0.1) is 8.07 Å². The number of aliphatic hydroxyl groups excluding tert-OH is 1. The van der Waals surface area contributed by atoms with Crippen molar-refractivity contribution in [1.82, 2.24) is 4.98 Å². The molecule has 0 saturated heterocycles. The van der Waals surface area contributed by atoms with Gasteiger partial charge in [0.2, 0.25) is 0 Å². The molecule has 0 spiro atoms. The van der Waals surface area contributed by atoms with E-state index in [4.69, 9.17) is 4.98 Å². The first-order valence-electron chi connectivity index (χ1n) is 18.2. The van der Waals surface area contributed by atoms with Crippen molar-refractivity contribution in [2.24, 2.45) is 10.8 Å². The van der Waals surface area contributed by atoms with Crippen molar-refractivity contribution in [2.45, 2.75) is 113 Å². The maximum Gasteiger partial charge on any atom is 0.164 e. The summed E-state index contributed by atoms with van der Waals surface area (Å²) in [5.41, 5.74) is 3.02. The third-order valence-electron chi connectivity index (χ3n) is 11.1. The molecule has 0 bridgehead atoms. The number of carbonyl (C=O) groups is 1. The van der Waals surface area contributed by atoms with Gasteiger partial charge in [-0.05, 0) is 64.3 Å². The molecule has 1 aromatic heterocycles. The summed E-state index contributed by atoms with van der Waals surface area (Å²) in [5, 5.41) is 19.1. The molecule has 1 radical (unpaired) electrons. The van der Waals surface area contributed by atoms with Gasteiger partial charge in [-0.25, -0.2) is 0 Å². The Kier molecular flexibility index (Phi) is 13.3. The summed E-state index contributed by atoms with van der Waals surface area (Å²) in [4.78, 5) is 17.0. The van der Waals surface area contributed by atoms with Crippen molar-refractivity contribution in [3.05, 3.63) is 96.4 Å². The predicted molar refractivity (Wildman–Crippen MR) is 216 cm³/mol. The first kappa shape index (κ1) is 41.3. The number of fused-ring (bicyclic) bond motifs is 4. The van der Waals surface area contributed by atoms with Crippen LogP contribution >= 0.6 is 0 Å². The van der Waals surface area contributed by atoms with Crippen LogP contribution in [0.15, 0.2) is 84.8 Å². The first-order chi connectivity index (χ1) is 22.9. The van der Waals surface area contributed by atoms with E-state index in [1.54, 1.807) is 0 Å². The molecule has 0 saturated carbocycles. The van der Waals surface area contributed by atoms with Gasteiger partial charge in [-0.3, -0.25) is 9.78 Å². The van der Waals surface area contributed by atoms with Gasteiger partial charge in [0.15, 0.2) is 5.78 Å². The molecule has 5 heteroatoms. The summed E-state index contributed by atoms with van der Waals surface area (Å²) < 4.78 is 0. The van der Waals surface area contributed by atoms with E-state index in [0.29, 0.717) is 0 Å². The number of pyridine rings is 1. The predicted octanol–water partition coefficient (Wildman–Crippen LogP) is 12.5. The molecule has 0 fully saturated rings. The molecule has 5 aromatic rings. The van der Waals surface area contributed by atoms with E-state index in [9.17, 15) is 9.90 Å². The van der Waals surface area contributed by atoms with Gasteiger partial charge < -0.3 is 5.11 Å². The quantitative estimate of drug-likeness (QED) is 0.0528. The number of carbonyl (C=O) groups excluding carboxylic acids is 1. The molecule has 0 amide bonds. The summed E-state index contributed by atoms with van der Waals surface area (Å²) in [5.74, 6) is 0.286. The maximum absolute atomic E-state index is 12.2. The van der Waals surface area contributed by atoms with Gasteiger partial charge in [0.25, 0.3) is 0 Å². The number of aromatic nitrogens is 1. The van der Waals surface area contributed by atoms with E-state index in [2.05, 4.69) is 113 Å². The Labute approximate surface area is 316 Å². The SMILES string of the molecule is CC(C)(C)c1ccc2c(ccc3c(-c4[c-]c5ccccc5c([Si](C)(C)C)c4)nccc32)c1.CCC(C)(CC)C(=O)/C=C(\O)C(C)(CC)CC.[Ir]. The van der Waals surface area contributed by atoms with E-state index in [1.165, 1.54) is 49.1 Å². The number of rotatable bonds is 9. The van der Waals surface area contributed by atoms with Crippen molar-refractivity contribution >= 4 is 51.4 Å². The Morgan fingerprint density at radius 3 is 1.94 bits per heavy atom. The number of allylic oxidation sites excluding steroid dienone is 2. The minimum Gasteiger partial charge on any atom is -0.512 e. The summed E-state index contributed by atoms with van der Waals surface area (Å²) >= 11 is 0. The third kappa shape index (κ3) is 8.66. The van der Waals surface area contributed by atoms with Crippen molar-refractivity contribution in [3.63, 3.8) is 0 Å². The van der Waals surface area contributed by atoms with Gasteiger partial charge in [-0.2, -0.15) is 0 Å². The average Bonchev–Trinajstić information content (AvgIpc) is 3.09. The summed E-state index contributed by atoms with van der Waals surface area (Å²) in [6.07, 6.45) is 6.70. The number of nitrogens with zero attached hydrogens (tertiary/aromatic N) is 1. The molecule has 1 heterocycles. The largest absolute Gasteiger partial charge is 0.512 e. The topological polar surface area (TPSA) is 50.2 Å². The zero-order valence-corrected chi connectivity index (χ0v) is 35.9. The van der Waals surface area contributed by atoms with Crippen LogP contribution in [0.2, 0.25) is 19.6 Å². The Morgan fingerprint density at radius 2 is 1.36 bits per heavy atom. The second-order valence-electron chi connectivity index (χ2n) is 16.3. The molecule has 5 rings (SSSR count). The second-order valence-corrected chi connectivity index (χ2v) is 21.4. The van der Waals surface area contributed by atoms with Gasteiger partial charge in [-0.1, -0.05) is 141 Å². The molecule has 3 nitrogen and oxygen atoms in total. The molecule has 269 valence electrons. The van der Waals surface area contributed by atoms with Crippen LogP contribution in [0.3, 0.4) is 0 Å². The Morgan fingerprint density at radius 1 is 0.760 bits per heavy atom. The van der Waals surface area contributed by atoms with E-state index >= 15 is 0 Å². The van der Waals surface area contributed by atoms with E-state index in [0.717, 1.165) is 36.9 Å². The smallest absolute Gasteiger partial charge is 0.164 e. The van der Waals surface area contributed by atoms with E-state index < -0.39 is 8.07 Å². The molecular weight excluding hydrogens is 807 g/mol. The molecule has 50 heavy (non-hydrogen) atoms. The fourth-order valence-electron chi connectivity index (χ4n) is 6.34. The molecule has 4 aromatic carbocycles. The average molecular weight is 865 g/mol. The van der Waals surface area contributed by atoms with Crippen LogP contribution in [0.25, 0.3) is 43.6 Å². The minimum atomic E-state index is -1.55. The number of ketones is 1. The van der Waals surface area contributed by atoms with Crippen molar-refractivity contribution in [1.29, 1.82) is 0 Å². The Balaban J connectivity index is 0.000000323. The summed E-state index contributed by atoms with van der Waals surface area (Å²) in [6.45, 7) is 26.1. The Hall–Kier alpha value is -3.11. The van der Waals surface area contributed by atoms with Crippen LogP contribution in [0.1, 0.15) is 93.6 Å². The van der Waals surface area contributed by atoms with Crippen LogP contribution in [0.4, 0.5) is 0 Å². The van der Waals surface area contributed by atoms with Gasteiger partial charge in [0.1, 0.15) is 5.76 Å². The van der Waals surface area contributed by atoms with Crippen LogP contribution < -0.4 is 5.19 Å². The molecule has 0 unspecified atom stereocenters. The van der Waals surface area contributed by atoms with Gasteiger partial charge >= 0.3 is 0 Å². The van der Waals surface area contributed by atoms with Crippen LogP contribution in [0.5, 0.6) is 0 Å². The molecule has 0 aliphatic heterocycles. The number of benzene rings is 4. The van der Waals surface area contributed by atoms with Crippen molar-refractivity contribution in [3.8, 4) is 11.3 Å². The maximum atomic E-state index is 12.2.